The highest BCUT2D eigenvalue weighted by molar-refractivity contribution is 5.67. The SMILES string of the molecule is CN1CCN(CC[C@H]2CNCC[C@H]2CC(=O)O)CC1. The second kappa shape index (κ2) is 7.22. The number of carbonyl (C=O) groups is 1. The molecule has 0 saturated carbocycles. The lowest BCUT2D eigenvalue weighted by Gasteiger charge is -2.36. The van der Waals surface area contributed by atoms with Crippen LogP contribution in [0, 0.1) is 11.8 Å². The van der Waals surface area contributed by atoms with Crippen LogP contribution in [0.15, 0.2) is 0 Å². The van der Waals surface area contributed by atoms with Crippen molar-refractivity contribution in [1.29, 1.82) is 0 Å². The summed E-state index contributed by atoms with van der Waals surface area (Å²) in [5.41, 5.74) is 0. The van der Waals surface area contributed by atoms with E-state index in [1.807, 2.05) is 0 Å². The molecule has 2 rings (SSSR count). The molecular weight excluding hydrogens is 242 g/mol. The van der Waals surface area contributed by atoms with E-state index in [1.54, 1.807) is 0 Å². The van der Waals surface area contributed by atoms with E-state index in [9.17, 15) is 4.79 Å². The second-order valence-electron chi connectivity index (χ2n) is 6.04. The number of hydrogen-bond acceptors (Lipinski definition) is 4. The Balaban J connectivity index is 1.74. The van der Waals surface area contributed by atoms with Crippen LogP contribution in [0.1, 0.15) is 19.3 Å². The first-order valence-corrected chi connectivity index (χ1v) is 7.48. The van der Waals surface area contributed by atoms with E-state index >= 15 is 0 Å². The molecule has 0 aromatic rings. The first-order valence-electron chi connectivity index (χ1n) is 7.48. The highest BCUT2D eigenvalue weighted by Gasteiger charge is 2.27. The minimum absolute atomic E-state index is 0.342. The minimum atomic E-state index is -0.642. The van der Waals surface area contributed by atoms with Crippen molar-refractivity contribution < 1.29 is 9.90 Å². The average Bonchev–Trinajstić information content (AvgIpc) is 2.39. The Morgan fingerprint density at radius 2 is 2.00 bits per heavy atom. The molecule has 0 aliphatic carbocycles. The van der Waals surface area contributed by atoms with E-state index in [4.69, 9.17) is 5.11 Å². The van der Waals surface area contributed by atoms with Crippen LogP contribution in [-0.4, -0.2) is 73.7 Å². The Hall–Kier alpha value is -0.650. The van der Waals surface area contributed by atoms with Gasteiger partial charge < -0.3 is 20.2 Å². The standard InChI is InChI=1S/C14H27N3O2/c1-16-6-8-17(9-7-16)5-3-13-11-15-4-2-12(13)10-14(18)19/h12-13,15H,2-11H2,1H3,(H,18,19)/t12-,13-/m0/s1. The highest BCUT2D eigenvalue weighted by Crippen LogP contribution is 2.25. The molecule has 2 aliphatic rings. The molecular formula is C14H27N3O2. The van der Waals surface area contributed by atoms with E-state index in [1.165, 1.54) is 0 Å². The van der Waals surface area contributed by atoms with Crippen LogP contribution in [-0.2, 0) is 4.79 Å². The number of likely N-dealkylation sites (N-methyl/N-ethyl adjacent to an activating group) is 1. The van der Waals surface area contributed by atoms with Crippen LogP contribution in [0.3, 0.4) is 0 Å². The van der Waals surface area contributed by atoms with Crippen LogP contribution in [0.4, 0.5) is 0 Å². The lowest BCUT2D eigenvalue weighted by Crippen LogP contribution is -2.46. The van der Waals surface area contributed by atoms with Crippen molar-refractivity contribution in [2.45, 2.75) is 19.3 Å². The Bertz CT molecular complexity index is 290. The molecule has 5 heteroatoms. The van der Waals surface area contributed by atoms with Gasteiger partial charge in [0.25, 0.3) is 0 Å². The largest absolute Gasteiger partial charge is 0.481 e. The quantitative estimate of drug-likeness (QED) is 0.753. The molecule has 0 bridgehead atoms. The number of piperidine rings is 1. The Morgan fingerprint density at radius 3 is 2.68 bits per heavy atom. The van der Waals surface area contributed by atoms with Crippen molar-refractivity contribution in [3.8, 4) is 0 Å². The summed E-state index contributed by atoms with van der Waals surface area (Å²) in [6, 6.07) is 0. The molecule has 2 N–H and O–H groups in total. The van der Waals surface area contributed by atoms with Crippen LogP contribution >= 0.6 is 0 Å². The lowest BCUT2D eigenvalue weighted by molar-refractivity contribution is -0.138. The zero-order valence-electron chi connectivity index (χ0n) is 12.0. The fraction of sp³-hybridized carbons (Fsp3) is 0.929. The lowest BCUT2D eigenvalue weighted by atomic mass is 9.82. The summed E-state index contributed by atoms with van der Waals surface area (Å²) in [6.45, 7) is 7.70. The van der Waals surface area contributed by atoms with Gasteiger partial charge in [0, 0.05) is 32.6 Å². The summed E-state index contributed by atoms with van der Waals surface area (Å²) in [7, 11) is 2.17. The number of nitrogens with one attached hydrogen (secondary N) is 1. The normalized spacial score (nSPS) is 30.4. The maximum absolute atomic E-state index is 10.9. The monoisotopic (exact) mass is 269 g/mol. The molecule has 5 nitrogen and oxygen atoms in total. The van der Waals surface area contributed by atoms with Gasteiger partial charge in [-0.25, -0.2) is 0 Å². The molecule has 19 heavy (non-hydrogen) atoms. The van der Waals surface area contributed by atoms with Gasteiger partial charge in [-0.2, -0.15) is 0 Å². The number of carboxylic acid groups (broad SMARTS) is 1. The molecule has 2 fully saturated rings. The van der Waals surface area contributed by atoms with Crippen LogP contribution in [0.25, 0.3) is 0 Å². The Labute approximate surface area is 115 Å². The number of piperazine rings is 1. The number of rotatable bonds is 5. The number of nitrogens with zero attached hydrogens (tertiary/aromatic N) is 2. The first kappa shape index (κ1) is 14.8. The number of carboxylic acids is 1. The fourth-order valence-corrected chi connectivity index (χ4v) is 3.23. The zero-order valence-corrected chi connectivity index (χ0v) is 12.0. The zero-order chi connectivity index (χ0) is 13.7. The molecule has 0 amide bonds. The average molecular weight is 269 g/mol. The van der Waals surface area contributed by atoms with Crippen molar-refractivity contribution in [3.63, 3.8) is 0 Å². The molecule has 2 heterocycles. The maximum Gasteiger partial charge on any atom is 0.303 e. The van der Waals surface area contributed by atoms with E-state index in [0.29, 0.717) is 18.3 Å². The van der Waals surface area contributed by atoms with Crippen molar-refractivity contribution >= 4 is 5.97 Å². The summed E-state index contributed by atoms with van der Waals surface area (Å²) < 4.78 is 0. The predicted octanol–water partition coefficient (Wildman–Crippen LogP) is 0.324. The van der Waals surface area contributed by atoms with Gasteiger partial charge in [0.05, 0.1) is 0 Å². The highest BCUT2D eigenvalue weighted by atomic mass is 16.4. The third-order valence-electron chi connectivity index (χ3n) is 4.61. The van der Waals surface area contributed by atoms with Gasteiger partial charge in [-0.1, -0.05) is 0 Å². The summed E-state index contributed by atoms with van der Waals surface area (Å²) >= 11 is 0. The van der Waals surface area contributed by atoms with Crippen molar-refractivity contribution in [1.82, 2.24) is 15.1 Å². The molecule has 2 aliphatic heterocycles. The van der Waals surface area contributed by atoms with Crippen molar-refractivity contribution in [2.75, 3.05) is 52.9 Å². The minimum Gasteiger partial charge on any atom is -0.481 e. The molecule has 0 unspecified atom stereocenters. The van der Waals surface area contributed by atoms with Gasteiger partial charge >= 0.3 is 5.97 Å². The Morgan fingerprint density at radius 1 is 1.26 bits per heavy atom. The molecule has 0 radical (unpaired) electrons. The molecule has 2 atom stereocenters. The van der Waals surface area contributed by atoms with Gasteiger partial charge in [-0.15, -0.1) is 0 Å². The molecule has 2 saturated heterocycles. The third kappa shape index (κ3) is 4.75. The van der Waals surface area contributed by atoms with E-state index in [0.717, 1.165) is 58.7 Å². The number of hydrogen-bond donors (Lipinski definition) is 2. The maximum atomic E-state index is 10.9. The summed E-state index contributed by atoms with van der Waals surface area (Å²) in [4.78, 5) is 15.8. The van der Waals surface area contributed by atoms with E-state index in [2.05, 4.69) is 22.2 Å². The summed E-state index contributed by atoms with van der Waals surface area (Å²) in [5.74, 6) is 0.257. The van der Waals surface area contributed by atoms with Gasteiger partial charge in [0.15, 0.2) is 0 Å². The van der Waals surface area contributed by atoms with E-state index in [-0.39, 0.29) is 0 Å². The second-order valence-corrected chi connectivity index (χ2v) is 6.04. The fourth-order valence-electron chi connectivity index (χ4n) is 3.23. The summed E-state index contributed by atoms with van der Waals surface area (Å²) in [5, 5.41) is 12.4. The first-order chi connectivity index (χ1) is 9.15. The van der Waals surface area contributed by atoms with Crippen LogP contribution < -0.4 is 5.32 Å². The van der Waals surface area contributed by atoms with Gasteiger partial charge in [0.2, 0.25) is 0 Å². The third-order valence-corrected chi connectivity index (χ3v) is 4.61. The smallest absolute Gasteiger partial charge is 0.303 e. The predicted molar refractivity (Wildman–Crippen MR) is 75.3 cm³/mol. The van der Waals surface area contributed by atoms with Gasteiger partial charge in [-0.05, 0) is 51.4 Å². The van der Waals surface area contributed by atoms with E-state index < -0.39 is 5.97 Å². The van der Waals surface area contributed by atoms with Gasteiger partial charge in [0.1, 0.15) is 0 Å². The molecule has 0 spiro atoms. The van der Waals surface area contributed by atoms with Crippen LogP contribution in [0.2, 0.25) is 0 Å². The number of aliphatic carboxylic acids is 1. The van der Waals surface area contributed by atoms with Crippen LogP contribution in [0.5, 0.6) is 0 Å². The van der Waals surface area contributed by atoms with Gasteiger partial charge in [-0.3, -0.25) is 4.79 Å². The Kier molecular flexibility index (Phi) is 5.60. The topological polar surface area (TPSA) is 55.8 Å². The molecule has 0 aromatic heterocycles. The molecule has 0 aromatic carbocycles. The van der Waals surface area contributed by atoms with Crippen molar-refractivity contribution in [2.24, 2.45) is 11.8 Å². The van der Waals surface area contributed by atoms with Crippen molar-refractivity contribution in [3.05, 3.63) is 0 Å². The molecule has 110 valence electrons. The summed E-state index contributed by atoms with van der Waals surface area (Å²) in [6.07, 6.45) is 2.49.